The third-order valence-electron chi connectivity index (χ3n) is 2.20. The third kappa shape index (κ3) is 3.14. The van der Waals surface area contributed by atoms with Crippen LogP contribution in [-0.2, 0) is 0 Å². The van der Waals surface area contributed by atoms with E-state index in [0.29, 0.717) is 5.69 Å². The first kappa shape index (κ1) is 11.8. The number of amides is 1. The zero-order chi connectivity index (χ0) is 12.3. The Bertz CT molecular complexity index is 520. The van der Waals surface area contributed by atoms with Gasteiger partial charge in [0.05, 0.1) is 0 Å². The van der Waals surface area contributed by atoms with E-state index in [2.05, 4.69) is 26.2 Å². The van der Waals surface area contributed by atoms with Crippen molar-refractivity contribution in [3.8, 4) is 0 Å². The van der Waals surface area contributed by atoms with Crippen molar-refractivity contribution in [3.63, 3.8) is 0 Å². The lowest BCUT2D eigenvalue weighted by molar-refractivity contribution is 0.102. The topological polar surface area (TPSA) is 42.0 Å². The number of carbonyl (C=O) groups is 1. The van der Waals surface area contributed by atoms with Gasteiger partial charge in [0.25, 0.3) is 5.91 Å². The van der Waals surface area contributed by atoms with Crippen LogP contribution in [0.15, 0.2) is 47.1 Å². The van der Waals surface area contributed by atoms with Gasteiger partial charge in [0.1, 0.15) is 5.69 Å². The van der Waals surface area contributed by atoms with Crippen LogP contribution in [0.5, 0.6) is 0 Å². The number of aromatic nitrogens is 1. The Kier molecular flexibility index (Phi) is 3.54. The van der Waals surface area contributed by atoms with Gasteiger partial charge in [0.2, 0.25) is 0 Å². The maximum atomic E-state index is 11.8. The number of nitrogens with zero attached hydrogens (tertiary/aromatic N) is 1. The van der Waals surface area contributed by atoms with Crippen molar-refractivity contribution in [3.05, 3.63) is 58.3 Å². The van der Waals surface area contributed by atoms with E-state index < -0.39 is 0 Å². The highest BCUT2D eigenvalue weighted by molar-refractivity contribution is 9.10. The van der Waals surface area contributed by atoms with E-state index in [4.69, 9.17) is 0 Å². The number of rotatable bonds is 2. The van der Waals surface area contributed by atoms with Crippen molar-refractivity contribution in [1.29, 1.82) is 0 Å². The highest BCUT2D eigenvalue weighted by Gasteiger charge is 2.07. The first-order valence-electron chi connectivity index (χ1n) is 5.15. The zero-order valence-corrected chi connectivity index (χ0v) is 10.9. The molecule has 0 bridgehead atoms. The molecule has 0 aliphatic carbocycles. The molecule has 1 amide bonds. The van der Waals surface area contributed by atoms with Gasteiger partial charge < -0.3 is 5.32 Å². The normalized spacial score (nSPS) is 10.0. The van der Waals surface area contributed by atoms with Gasteiger partial charge in [-0.25, -0.2) is 0 Å². The molecule has 0 aliphatic rings. The second kappa shape index (κ2) is 5.10. The monoisotopic (exact) mass is 290 g/mol. The molecule has 2 rings (SSSR count). The van der Waals surface area contributed by atoms with Crippen LogP contribution in [-0.4, -0.2) is 10.9 Å². The molecule has 0 spiro atoms. The summed E-state index contributed by atoms with van der Waals surface area (Å²) in [5, 5.41) is 2.81. The molecule has 86 valence electrons. The van der Waals surface area contributed by atoms with Crippen LogP contribution in [0.25, 0.3) is 0 Å². The molecule has 0 saturated carbocycles. The lowest BCUT2D eigenvalue weighted by Crippen LogP contribution is -2.13. The minimum absolute atomic E-state index is 0.205. The van der Waals surface area contributed by atoms with Gasteiger partial charge in [-0.2, -0.15) is 0 Å². The molecule has 3 nitrogen and oxygen atoms in total. The van der Waals surface area contributed by atoms with Crippen LogP contribution in [0, 0.1) is 6.92 Å². The lowest BCUT2D eigenvalue weighted by Gasteiger charge is -2.06. The predicted octanol–water partition coefficient (Wildman–Crippen LogP) is 3.40. The number of halogens is 1. The van der Waals surface area contributed by atoms with E-state index in [-0.39, 0.29) is 5.91 Å². The van der Waals surface area contributed by atoms with Crippen molar-refractivity contribution in [2.75, 3.05) is 5.32 Å². The van der Waals surface area contributed by atoms with Gasteiger partial charge in [-0.3, -0.25) is 9.78 Å². The summed E-state index contributed by atoms with van der Waals surface area (Å²) >= 11 is 3.39. The summed E-state index contributed by atoms with van der Waals surface area (Å²) in [5.41, 5.74) is 2.24. The molecular weight excluding hydrogens is 280 g/mol. The minimum atomic E-state index is -0.205. The van der Waals surface area contributed by atoms with Crippen LogP contribution >= 0.6 is 15.9 Å². The van der Waals surface area contributed by atoms with Crippen LogP contribution < -0.4 is 5.32 Å². The first-order valence-corrected chi connectivity index (χ1v) is 5.94. The summed E-state index contributed by atoms with van der Waals surface area (Å²) in [6.07, 6.45) is 1.60. The van der Waals surface area contributed by atoms with Crippen molar-refractivity contribution in [2.45, 2.75) is 6.92 Å². The summed E-state index contributed by atoms with van der Waals surface area (Å²) in [4.78, 5) is 15.8. The number of benzene rings is 1. The number of aryl methyl sites for hydroxylation is 1. The summed E-state index contributed by atoms with van der Waals surface area (Å²) in [6.45, 7) is 1.97. The number of pyridine rings is 1. The molecule has 1 aromatic heterocycles. The zero-order valence-electron chi connectivity index (χ0n) is 9.27. The Balaban J connectivity index is 2.19. The van der Waals surface area contributed by atoms with Crippen molar-refractivity contribution in [1.82, 2.24) is 4.98 Å². The molecular formula is C13H11BrN2O. The van der Waals surface area contributed by atoms with Gasteiger partial charge in [0, 0.05) is 16.4 Å². The standard InChI is InChI=1S/C13H11BrN2O/c1-9-6-10(14)8-11(7-9)16-13(17)12-4-2-3-5-15-12/h2-8H,1H3,(H,16,17). The summed E-state index contributed by atoms with van der Waals surface area (Å²) in [5.74, 6) is -0.205. The average molecular weight is 291 g/mol. The number of carbonyl (C=O) groups excluding carboxylic acids is 1. The highest BCUT2D eigenvalue weighted by atomic mass is 79.9. The molecule has 2 aromatic rings. The molecule has 1 aromatic carbocycles. The highest BCUT2D eigenvalue weighted by Crippen LogP contribution is 2.19. The van der Waals surface area contributed by atoms with Crippen LogP contribution in [0.4, 0.5) is 5.69 Å². The summed E-state index contributed by atoms with van der Waals surface area (Å²) in [7, 11) is 0. The van der Waals surface area contributed by atoms with Crippen LogP contribution in [0.1, 0.15) is 16.1 Å². The second-order valence-corrected chi connectivity index (χ2v) is 4.60. The first-order chi connectivity index (χ1) is 8.15. The van der Waals surface area contributed by atoms with Crippen molar-refractivity contribution in [2.24, 2.45) is 0 Å². The Morgan fingerprint density at radius 3 is 2.76 bits per heavy atom. The number of hydrogen-bond acceptors (Lipinski definition) is 2. The Labute approximate surface area is 108 Å². The van der Waals surface area contributed by atoms with E-state index in [9.17, 15) is 4.79 Å². The van der Waals surface area contributed by atoms with Crippen molar-refractivity contribution < 1.29 is 4.79 Å². The predicted molar refractivity (Wildman–Crippen MR) is 71.1 cm³/mol. The quantitative estimate of drug-likeness (QED) is 0.921. The fraction of sp³-hybridized carbons (Fsp3) is 0.0769. The number of nitrogens with one attached hydrogen (secondary N) is 1. The van der Waals surface area contributed by atoms with Gasteiger partial charge in [-0.15, -0.1) is 0 Å². The Morgan fingerprint density at radius 2 is 2.12 bits per heavy atom. The second-order valence-electron chi connectivity index (χ2n) is 3.69. The van der Waals surface area contributed by atoms with Gasteiger partial charge >= 0.3 is 0 Å². The molecule has 0 aliphatic heterocycles. The third-order valence-corrected chi connectivity index (χ3v) is 2.66. The van der Waals surface area contributed by atoms with E-state index >= 15 is 0 Å². The van der Waals surface area contributed by atoms with Crippen LogP contribution in [0.2, 0.25) is 0 Å². The molecule has 0 fully saturated rings. The smallest absolute Gasteiger partial charge is 0.274 e. The molecule has 17 heavy (non-hydrogen) atoms. The fourth-order valence-corrected chi connectivity index (χ4v) is 2.11. The van der Waals surface area contributed by atoms with E-state index in [1.165, 1.54) is 0 Å². The number of anilines is 1. The molecule has 4 heteroatoms. The Morgan fingerprint density at radius 1 is 1.29 bits per heavy atom. The Hall–Kier alpha value is -1.68. The van der Waals surface area contributed by atoms with E-state index in [0.717, 1.165) is 15.7 Å². The van der Waals surface area contributed by atoms with Gasteiger partial charge in [-0.05, 0) is 42.8 Å². The molecule has 0 radical (unpaired) electrons. The molecule has 0 atom stereocenters. The number of hydrogen-bond donors (Lipinski definition) is 1. The maximum Gasteiger partial charge on any atom is 0.274 e. The molecule has 0 unspecified atom stereocenters. The minimum Gasteiger partial charge on any atom is -0.321 e. The summed E-state index contributed by atoms with van der Waals surface area (Å²) in [6, 6.07) is 11.0. The largest absolute Gasteiger partial charge is 0.321 e. The summed E-state index contributed by atoms with van der Waals surface area (Å²) < 4.78 is 0.939. The van der Waals surface area contributed by atoms with Crippen molar-refractivity contribution >= 4 is 27.5 Å². The van der Waals surface area contributed by atoms with E-state index in [1.807, 2.05) is 25.1 Å². The van der Waals surface area contributed by atoms with Crippen LogP contribution in [0.3, 0.4) is 0 Å². The average Bonchev–Trinajstić information content (AvgIpc) is 2.28. The van der Waals surface area contributed by atoms with Gasteiger partial charge in [-0.1, -0.05) is 22.0 Å². The van der Waals surface area contributed by atoms with E-state index in [1.54, 1.807) is 24.4 Å². The molecule has 1 N–H and O–H groups in total. The van der Waals surface area contributed by atoms with Gasteiger partial charge in [0.15, 0.2) is 0 Å². The fourth-order valence-electron chi connectivity index (χ4n) is 1.50. The maximum absolute atomic E-state index is 11.8. The SMILES string of the molecule is Cc1cc(Br)cc(NC(=O)c2ccccn2)c1. The molecule has 0 saturated heterocycles. The lowest BCUT2D eigenvalue weighted by atomic mass is 10.2. The molecule has 1 heterocycles.